The van der Waals surface area contributed by atoms with Gasteiger partial charge >= 0.3 is 0 Å². The summed E-state index contributed by atoms with van der Waals surface area (Å²) < 4.78 is 13.2. The third kappa shape index (κ3) is 2.79. The second-order valence-electron chi connectivity index (χ2n) is 6.87. The Kier molecular flexibility index (Phi) is 4.00. The highest BCUT2D eigenvalue weighted by molar-refractivity contribution is 5.95. The van der Waals surface area contributed by atoms with Crippen LogP contribution >= 0.6 is 0 Å². The van der Waals surface area contributed by atoms with E-state index in [0.717, 1.165) is 34.3 Å². The van der Waals surface area contributed by atoms with Crippen molar-refractivity contribution in [2.75, 3.05) is 18.5 Å². The number of benzene rings is 2. The van der Waals surface area contributed by atoms with Crippen molar-refractivity contribution in [3.63, 3.8) is 0 Å². The topological polar surface area (TPSA) is 78.3 Å². The third-order valence-corrected chi connectivity index (χ3v) is 5.07. The van der Waals surface area contributed by atoms with Gasteiger partial charge in [0.1, 0.15) is 19.0 Å². The quantitative estimate of drug-likeness (QED) is 0.760. The van der Waals surface area contributed by atoms with Crippen LogP contribution in [0.25, 0.3) is 5.69 Å². The maximum atomic E-state index is 12.3. The van der Waals surface area contributed by atoms with Crippen molar-refractivity contribution in [2.24, 2.45) is 0 Å². The van der Waals surface area contributed by atoms with Crippen molar-refractivity contribution in [1.82, 2.24) is 14.8 Å². The number of carbonyl (C=O) groups is 1. The molecule has 0 saturated carbocycles. The number of nitrogens with one attached hydrogen (secondary N) is 1. The van der Waals surface area contributed by atoms with E-state index in [1.165, 1.54) is 0 Å². The Morgan fingerprint density at radius 1 is 1.14 bits per heavy atom. The molecule has 28 heavy (non-hydrogen) atoms. The molecule has 0 spiro atoms. The molecule has 1 N–H and O–H groups in total. The molecule has 7 nitrogen and oxygen atoms in total. The Balaban J connectivity index is 1.64. The van der Waals surface area contributed by atoms with Gasteiger partial charge in [0.2, 0.25) is 5.91 Å². The summed E-state index contributed by atoms with van der Waals surface area (Å²) in [5.74, 6) is 2.76. The van der Waals surface area contributed by atoms with Crippen LogP contribution in [0.3, 0.4) is 0 Å². The predicted octanol–water partition coefficient (Wildman–Crippen LogP) is 3.08. The average Bonchev–Trinajstić information content (AvgIpc) is 3.17. The normalized spacial score (nSPS) is 17.8. The minimum atomic E-state index is -0.161. The standard InChI is InChI=1S/C21H20N4O3/c1-2-19-23-21(15-12-20(26)22-16-6-4-3-5-14(15)16)25(24-19)13-7-8-17-18(11-13)28-10-9-27-17/h3-8,11,15H,2,9-10,12H2,1H3,(H,22,26)/t15-/m1/s1. The lowest BCUT2D eigenvalue weighted by molar-refractivity contribution is -0.116. The maximum absolute atomic E-state index is 12.3. The van der Waals surface area contributed by atoms with Gasteiger partial charge in [-0.25, -0.2) is 9.67 Å². The van der Waals surface area contributed by atoms with E-state index in [4.69, 9.17) is 19.6 Å². The fraction of sp³-hybridized carbons (Fsp3) is 0.286. The number of hydrogen-bond donors (Lipinski definition) is 1. The van der Waals surface area contributed by atoms with Gasteiger partial charge in [-0.1, -0.05) is 25.1 Å². The van der Waals surface area contributed by atoms with E-state index < -0.39 is 0 Å². The zero-order valence-corrected chi connectivity index (χ0v) is 15.5. The average molecular weight is 376 g/mol. The minimum absolute atomic E-state index is 0.0153. The van der Waals surface area contributed by atoms with E-state index >= 15 is 0 Å². The molecule has 0 fully saturated rings. The number of fused-ring (bicyclic) bond motifs is 2. The number of ether oxygens (including phenoxy) is 2. The Bertz CT molecular complexity index is 1060. The van der Waals surface area contributed by atoms with Crippen LogP contribution in [-0.4, -0.2) is 33.9 Å². The Morgan fingerprint density at radius 2 is 1.96 bits per heavy atom. The first-order chi connectivity index (χ1) is 13.7. The first kappa shape index (κ1) is 16.8. The first-order valence-electron chi connectivity index (χ1n) is 9.47. The zero-order valence-electron chi connectivity index (χ0n) is 15.5. The van der Waals surface area contributed by atoms with Gasteiger partial charge in [0.25, 0.3) is 0 Å². The zero-order chi connectivity index (χ0) is 19.1. The highest BCUT2D eigenvalue weighted by Crippen LogP contribution is 2.38. The monoisotopic (exact) mass is 376 g/mol. The van der Waals surface area contributed by atoms with Crippen LogP contribution in [0.2, 0.25) is 0 Å². The van der Waals surface area contributed by atoms with E-state index in [9.17, 15) is 4.79 Å². The molecule has 2 aliphatic heterocycles. The third-order valence-electron chi connectivity index (χ3n) is 5.07. The van der Waals surface area contributed by atoms with Crippen molar-refractivity contribution in [3.05, 3.63) is 59.7 Å². The number of aromatic nitrogens is 3. The summed E-state index contributed by atoms with van der Waals surface area (Å²) in [6.07, 6.45) is 1.05. The molecule has 0 unspecified atom stereocenters. The van der Waals surface area contributed by atoms with Crippen LogP contribution in [0.1, 0.15) is 36.5 Å². The van der Waals surface area contributed by atoms with Crippen LogP contribution in [-0.2, 0) is 11.2 Å². The Morgan fingerprint density at radius 3 is 2.82 bits per heavy atom. The van der Waals surface area contributed by atoms with E-state index in [-0.39, 0.29) is 11.8 Å². The predicted molar refractivity (Wildman–Crippen MR) is 103 cm³/mol. The lowest BCUT2D eigenvalue weighted by Gasteiger charge is -2.25. The second-order valence-corrected chi connectivity index (χ2v) is 6.87. The van der Waals surface area contributed by atoms with Crippen LogP contribution in [0.5, 0.6) is 11.5 Å². The summed E-state index contributed by atoms with van der Waals surface area (Å²) in [5, 5.41) is 7.65. The molecule has 0 radical (unpaired) electrons. The van der Waals surface area contributed by atoms with Crippen molar-refractivity contribution in [1.29, 1.82) is 0 Å². The Hall–Kier alpha value is -3.35. The van der Waals surface area contributed by atoms with Gasteiger partial charge in [0.15, 0.2) is 17.3 Å². The smallest absolute Gasteiger partial charge is 0.225 e. The number of para-hydroxylation sites is 1. The molecule has 1 amide bonds. The van der Waals surface area contributed by atoms with E-state index in [0.29, 0.717) is 31.8 Å². The molecule has 142 valence electrons. The van der Waals surface area contributed by atoms with Crippen LogP contribution in [0.15, 0.2) is 42.5 Å². The molecule has 2 aromatic carbocycles. The van der Waals surface area contributed by atoms with Crippen LogP contribution in [0.4, 0.5) is 5.69 Å². The largest absolute Gasteiger partial charge is 0.486 e. The minimum Gasteiger partial charge on any atom is -0.486 e. The SMILES string of the molecule is CCc1nc([C@@H]2CC(=O)Nc3ccccc32)n(-c2ccc3c(c2)OCCO3)n1. The summed E-state index contributed by atoms with van der Waals surface area (Å²) in [4.78, 5) is 17.1. The number of amides is 1. The fourth-order valence-corrected chi connectivity index (χ4v) is 3.74. The lowest BCUT2D eigenvalue weighted by atomic mass is 9.90. The molecule has 1 aromatic heterocycles. The number of carbonyl (C=O) groups excluding carboxylic acids is 1. The van der Waals surface area contributed by atoms with Crippen molar-refractivity contribution < 1.29 is 14.3 Å². The molecular weight excluding hydrogens is 356 g/mol. The molecule has 2 aliphatic rings. The number of aryl methyl sites for hydroxylation is 1. The van der Waals surface area contributed by atoms with Crippen molar-refractivity contribution in [3.8, 4) is 17.2 Å². The molecule has 1 atom stereocenters. The van der Waals surface area contributed by atoms with Crippen LogP contribution in [0, 0.1) is 0 Å². The van der Waals surface area contributed by atoms with Gasteiger partial charge in [-0.15, -0.1) is 0 Å². The molecule has 0 aliphatic carbocycles. The lowest BCUT2D eigenvalue weighted by Crippen LogP contribution is -2.25. The molecule has 3 aromatic rings. The summed E-state index contributed by atoms with van der Waals surface area (Å²) in [6, 6.07) is 13.6. The summed E-state index contributed by atoms with van der Waals surface area (Å²) in [7, 11) is 0. The number of nitrogens with zero attached hydrogens (tertiary/aromatic N) is 3. The second kappa shape index (κ2) is 6.67. The van der Waals surface area contributed by atoms with E-state index in [1.54, 1.807) is 0 Å². The molecule has 7 heteroatoms. The molecule has 5 rings (SSSR count). The molecule has 0 bridgehead atoms. The maximum Gasteiger partial charge on any atom is 0.225 e. The van der Waals surface area contributed by atoms with E-state index in [2.05, 4.69) is 5.32 Å². The van der Waals surface area contributed by atoms with Gasteiger partial charge < -0.3 is 14.8 Å². The van der Waals surface area contributed by atoms with Gasteiger partial charge in [0, 0.05) is 24.6 Å². The Labute approximate surface area is 162 Å². The van der Waals surface area contributed by atoms with Gasteiger partial charge in [-0.3, -0.25) is 4.79 Å². The van der Waals surface area contributed by atoms with Crippen molar-refractivity contribution in [2.45, 2.75) is 25.7 Å². The van der Waals surface area contributed by atoms with Gasteiger partial charge in [0.05, 0.1) is 11.6 Å². The summed E-state index contributed by atoms with van der Waals surface area (Å²) in [6.45, 7) is 3.10. The summed E-state index contributed by atoms with van der Waals surface area (Å²) in [5.41, 5.74) is 2.73. The number of hydrogen-bond acceptors (Lipinski definition) is 5. The van der Waals surface area contributed by atoms with Gasteiger partial charge in [-0.05, 0) is 23.8 Å². The highest BCUT2D eigenvalue weighted by atomic mass is 16.6. The number of anilines is 1. The summed E-state index contributed by atoms with van der Waals surface area (Å²) >= 11 is 0. The molecule has 3 heterocycles. The number of rotatable bonds is 3. The van der Waals surface area contributed by atoms with E-state index in [1.807, 2.05) is 54.1 Å². The molecule has 0 saturated heterocycles. The highest BCUT2D eigenvalue weighted by Gasteiger charge is 2.31. The fourth-order valence-electron chi connectivity index (χ4n) is 3.74. The van der Waals surface area contributed by atoms with Gasteiger partial charge in [-0.2, -0.15) is 5.10 Å². The first-order valence-corrected chi connectivity index (χ1v) is 9.47. The van der Waals surface area contributed by atoms with Crippen LogP contribution < -0.4 is 14.8 Å². The molecular formula is C21H20N4O3. The van der Waals surface area contributed by atoms with Crippen molar-refractivity contribution >= 4 is 11.6 Å².